The van der Waals surface area contributed by atoms with E-state index in [4.69, 9.17) is 14.3 Å². The maximum atomic E-state index is 15.2. The normalized spacial score (nSPS) is 18.3. The number of ketones is 2. The quantitative estimate of drug-likeness (QED) is 0.0606. The monoisotopic (exact) mass is 1410 g/mol. The third kappa shape index (κ3) is 25.6. The van der Waals surface area contributed by atoms with Crippen molar-refractivity contribution in [2.45, 2.75) is 248 Å². The van der Waals surface area contributed by atoms with Crippen LogP contribution >= 0.6 is 0 Å². The number of likely N-dealkylation sites (N-methyl/N-ethyl adjacent to an activating group) is 6. The summed E-state index contributed by atoms with van der Waals surface area (Å²) in [4.78, 5) is 175. The number of carbonyl (C=O) groups excluding carboxylic acids is 11. The lowest BCUT2D eigenvalue weighted by molar-refractivity contribution is -0.322. The van der Waals surface area contributed by atoms with E-state index in [2.05, 4.69) is 27.7 Å². The van der Waals surface area contributed by atoms with Gasteiger partial charge in [-0.3, -0.25) is 62.5 Å². The molecule has 0 saturated carbocycles. The molecular formula is C76H130N10O14. The van der Waals surface area contributed by atoms with E-state index in [0.717, 1.165) is 50.4 Å². The molecule has 1 aromatic carbocycles. The third-order valence-electron chi connectivity index (χ3n) is 19.9. The van der Waals surface area contributed by atoms with E-state index in [9.17, 15) is 38.4 Å². The number of rotatable bonds is 43. The molecule has 24 heteroatoms. The van der Waals surface area contributed by atoms with Crippen LogP contribution in [0.2, 0.25) is 0 Å². The maximum absolute atomic E-state index is 15.2. The van der Waals surface area contributed by atoms with Gasteiger partial charge in [0.1, 0.15) is 42.4 Å². The molecule has 568 valence electrons. The molecular weight excluding hydrogens is 1280 g/mol. The Hall–Kier alpha value is -6.37. The molecule has 0 aliphatic carbocycles. The summed E-state index contributed by atoms with van der Waals surface area (Å²) in [5.74, 6) is -8.36. The van der Waals surface area contributed by atoms with E-state index in [1.165, 1.54) is 63.0 Å². The number of amides is 9. The average Bonchev–Trinajstić information content (AvgIpc) is 0.752. The number of hydrogen-bond donors (Lipinski definition) is 2. The number of carbonyl (C=O) groups is 11. The van der Waals surface area contributed by atoms with E-state index in [0.29, 0.717) is 32.7 Å². The molecule has 3 rings (SSSR count). The first-order chi connectivity index (χ1) is 46.8. The van der Waals surface area contributed by atoms with Crippen molar-refractivity contribution < 1.29 is 67.1 Å². The number of hydrogen-bond acceptors (Lipinski definition) is 15. The number of aryl methyl sites for hydroxylation is 1. The molecule has 2 N–H and O–H groups in total. The minimum absolute atomic E-state index is 0.0580. The van der Waals surface area contributed by atoms with Crippen molar-refractivity contribution in [1.82, 2.24) is 50.0 Å². The number of nitrogens with zero attached hydrogens (tertiary/aromatic N) is 8. The van der Waals surface area contributed by atoms with Crippen molar-refractivity contribution in [3.8, 4) is 0 Å². The first-order valence-corrected chi connectivity index (χ1v) is 37.0. The summed E-state index contributed by atoms with van der Waals surface area (Å²) in [5.41, 5.74) is 1.17. The lowest BCUT2D eigenvalue weighted by atomic mass is 9.85. The van der Waals surface area contributed by atoms with Gasteiger partial charge in [0, 0.05) is 100 Å². The molecule has 0 radical (unpaired) electrons. The van der Waals surface area contributed by atoms with Gasteiger partial charge in [-0.25, -0.2) is 5.06 Å². The van der Waals surface area contributed by atoms with Gasteiger partial charge in [-0.1, -0.05) is 127 Å². The van der Waals surface area contributed by atoms with E-state index >= 15 is 14.4 Å². The number of Topliss-reactive ketones (excluding diaryl/α,β-unsaturated/α-hetero) is 2. The Kier molecular flexibility index (Phi) is 37.1. The predicted molar refractivity (Wildman–Crippen MR) is 388 cm³/mol. The molecule has 100 heavy (non-hydrogen) atoms. The van der Waals surface area contributed by atoms with Crippen molar-refractivity contribution >= 4 is 64.7 Å². The van der Waals surface area contributed by atoms with Crippen LogP contribution in [-0.4, -0.2) is 253 Å². The van der Waals surface area contributed by atoms with Gasteiger partial charge in [-0.05, 0) is 119 Å². The van der Waals surface area contributed by atoms with Crippen molar-refractivity contribution in [3.63, 3.8) is 0 Å². The van der Waals surface area contributed by atoms with Crippen LogP contribution in [-0.2, 0) is 73.5 Å². The standard InChI is InChI=1S/C76H130N10O14/c1-24-58(73(94)79(17)18)78-70(91)67-68(52(13)32-31-35-56-33-27-26-28-34-56)100-86(67)76(97)65(51(11)12)84(23)75(96)61(44-49(7)8)82(21)74(95)60(43-48(5)6)81(20)71(92)54(15)77-69(90)53(14)45-62(87)59(42-47(3)4)80(19)72(93)57(50(9)10)46-63(88)66(83(22)64(89)25-2)55(16)99-39-30-29-36-85-37-40-98-41-38-85/h26-28,33-34,47-55,57-61,65-68H,24-25,29-32,35-46H2,1-23H3,(H,77,90)(H,78,91)/t52-,53-,54-,55-,57+,58+,59+,60+,61+,65+,66+,67+,68-/m1/s1. The molecule has 2 heterocycles. The van der Waals surface area contributed by atoms with E-state index < -0.39 is 120 Å². The zero-order valence-corrected chi connectivity index (χ0v) is 65.3. The van der Waals surface area contributed by atoms with Gasteiger partial charge in [0.15, 0.2) is 17.6 Å². The molecule has 0 aromatic heterocycles. The highest BCUT2D eigenvalue weighted by Crippen LogP contribution is 2.35. The molecule has 1 aromatic rings. The summed E-state index contributed by atoms with van der Waals surface area (Å²) < 4.78 is 11.7. The van der Waals surface area contributed by atoms with Gasteiger partial charge in [0.25, 0.3) is 5.91 Å². The Balaban J connectivity index is 1.83. The topological polar surface area (TPSA) is 265 Å². The van der Waals surface area contributed by atoms with Crippen LogP contribution in [0.4, 0.5) is 0 Å². The molecule has 2 fully saturated rings. The smallest absolute Gasteiger partial charge is 0.270 e. The fourth-order valence-corrected chi connectivity index (χ4v) is 13.6. The maximum Gasteiger partial charge on any atom is 0.270 e. The molecule has 24 nitrogen and oxygen atoms in total. The molecule has 2 aliphatic heterocycles. The first kappa shape index (κ1) is 87.8. The predicted octanol–water partition coefficient (Wildman–Crippen LogP) is 7.33. The van der Waals surface area contributed by atoms with Gasteiger partial charge in [0.2, 0.25) is 47.3 Å². The summed E-state index contributed by atoms with van der Waals surface area (Å²) in [6.07, 6.45) is 3.15. The highest BCUT2D eigenvalue weighted by atomic mass is 16.7. The molecule has 0 unspecified atom stereocenters. The van der Waals surface area contributed by atoms with E-state index in [1.54, 1.807) is 69.7 Å². The minimum Gasteiger partial charge on any atom is -0.379 e. The van der Waals surface area contributed by atoms with Crippen molar-refractivity contribution in [2.75, 3.05) is 88.8 Å². The van der Waals surface area contributed by atoms with Crippen LogP contribution in [0, 0.1) is 47.3 Å². The van der Waals surface area contributed by atoms with Crippen LogP contribution in [0.5, 0.6) is 0 Å². The Labute approximate surface area is 599 Å². The minimum atomic E-state index is -1.18. The lowest BCUT2D eigenvalue weighted by Gasteiger charge is -2.50. The highest BCUT2D eigenvalue weighted by molar-refractivity contribution is 5.99. The summed E-state index contributed by atoms with van der Waals surface area (Å²) >= 11 is 0. The number of morpholine rings is 1. The molecule has 2 saturated heterocycles. The average molecular weight is 1410 g/mol. The molecule has 0 bridgehead atoms. The Bertz CT molecular complexity index is 2810. The number of ether oxygens (including phenoxy) is 2. The molecule has 13 atom stereocenters. The summed E-state index contributed by atoms with van der Waals surface area (Å²) in [6, 6.07) is 1.54. The summed E-state index contributed by atoms with van der Waals surface area (Å²) in [6.45, 7) is 33.5. The molecule has 9 amide bonds. The van der Waals surface area contributed by atoms with E-state index in [1.807, 2.05) is 80.5 Å². The summed E-state index contributed by atoms with van der Waals surface area (Å²) in [5, 5.41) is 6.70. The fraction of sp³-hybridized carbons (Fsp3) is 0.776. The third-order valence-corrected chi connectivity index (χ3v) is 19.9. The van der Waals surface area contributed by atoms with Gasteiger partial charge in [-0.2, -0.15) is 0 Å². The second-order valence-corrected chi connectivity index (χ2v) is 30.5. The van der Waals surface area contributed by atoms with E-state index in [-0.39, 0.29) is 91.5 Å². The van der Waals surface area contributed by atoms with Crippen LogP contribution in [0.15, 0.2) is 30.3 Å². The van der Waals surface area contributed by atoms with Gasteiger partial charge in [-0.15, -0.1) is 0 Å². The largest absolute Gasteiger partial charge is 0.379 e. The Morgan fingerprint density at radius 2 is 1.12 bits per heavy atom. The Morgan fingerprint density at radius 1 is 0.580 bits per heavy atom. The zero-order valence-electron chi connectivity index (χ0n) is 65.3. The summed E-state index contributed by atoms with van der Waals surface area (Å²) in [7, 11) is 10.8. The van der Waals surface area contributed by atoms with Crippen molar-refractivity contribution in [1.29, 1.82) is 0 Å². The fourth-order valence-electron chi connectivity index (χ4n) is 13.6. The SMILES string of the molecule is CCC(=O)N(C)[C@H](C(=O)C[C@H](C(=O)N(C)[C@@H](CC(C)C)C(=O)C[C@@H](C)C(=O)N[C@H](C)C(=O)N(C)[C@@H](CC(C)C)C(=O)N(C)[C@@H](CC(C)C)C(=O)N(C)[C@H](C(=O)N1O[C@H]([C@H](C)CCCc2ccccc2)[C@H]1C(=O)N[C@@H](CC)C(=O)N(C)C)C(C)C)C(C)C)[C@@H](C)OCCCCN1CCOCC1. The zero-order chi connectivity index (χ0) is 75.7. The number of unbranched alkanes of at least 4 members (excludes halogenated alkanes) is 1. The number of nitrogens with one attached hydrogen (secondary N) is 2. The number of hydroxylamine groups is 2. The Morgan fingerprint density at radius 3 is 1.64 bits per heavy atom. The van der Waals surface area contributed by atoms with Gasteiger partial charge < -0.3 is 49.5 Å². The first-order valence-electron chi connectivity index (χ1n) is 37.0. The van der Waals surface area contributed by atoms with Crippen LogP contribution in [0.3, 0.4) is 0 Å². The number of benzene rings is 1. The highest BCUT2D eigenvalue weighted by Gasteiger charge is 2.54. The molecule has 0 spiro atoms. The van der Waals surface area contributed by atoms with Crippen molar-refractivity contribution in [3.05, 3.63) is 35.9 Å². The second-order valence-electron chi connectivity index (χ2n) is 30.5. The van der Waals surface area contributed by atoms with Crippen molar-refractivity contribution in [2.24, 2.45) is 47.3 Å². The molecule has 2 aliphatic rings. The van der Waals surface area contributed by atoms with Crippen LogP contribution in [0.25, 0.3) is 0 Å². The lowest BCUT2D eigenvalue weighted by Crippen LogP contribution is -2.71. The second kappa shape index (κ2) is 42.3. The van der Waals surface area contributed by atoms with Gasteiger partial charge >= 0.3 is 0 Å². The van der Waals surface area contributed by atoms with Crippen LogP contribution < -0.4 is 10.6 Å². The van der Waals surface area contributed by atoms with Gasteiger partial charge in [0.05, 0.1) is 25.4 Å². The van der Waals surface area contributed by atoms with Crippen LogP contribution in [0.1, 0.15) is 187 Å².